The normalized spacial score (nSPS) is 17.0. The Bertz CT molecular complexity index is 534. The van der Waals surface area contributed by atoms with Gasteiger partial charge in [-0.25, -0.2) is 15.1 Å². The van der Waals surface area contributed by atoms with E-state index in [0.29, 0.717) is 0 Å². The van der Waals surface area contributed by atoms with Crippen LogP contribution in [-0.2, 0) is 21.0 Å². The zero-order valence-electron chi connectivity index (χ0n) is 11.2. The van der Waals surface area contributed by atoms with E-state index in [1.54, 1.807) is 0 Å². The first-order valence-corrected chi connectivity index (χ1v) is 6.28. The number of nitrogens with zero attached hydrogens (tertiary/aromatic N) is 1. The van der Waals surface area contributed by atoms with Gasteiger partial charge in [-0.2, -0.15) is 0 Å². The lowest BCUT2D eigenvalue weighted by molar-refractivity contribution is -0.143. The Morgan fingerprint density at radius 2 is 2.05 bits per heavy atom. The van der Waals surface area contributed by atoms with Crippen molar-refractivity contribution in [2.75, 3.05) is 6.61 Å². The Morgan fingerprint density at radius 1 is 1.33 bits per heavy atom. The van der Waals surface area contributed by atoms with Crippen LogP contribution in [0.25, 0.3) is 0 Å². The second kappa shape index (κ2) is 6.71. The van der Waals surface area contributed by atoms with Gasteiger partial charge >= 0.3 is 12.1 Å². The summed E-state index contributed by atoms with van der Waals surface area (Å²) in [5.41, 5.74) is 7.88. The van der Waals surface area contributed by atoms with Crippen LogP contribution in [0.5, 0.6) is 0 Å². The van der Waals surface area contributed by atoms with Gasteiger partial charge in [0.15, 0.2) is 0 Å². The van der Waals surface area contributed by atoms with Crippen molar-refractivity contribution in [1.82, 2.24) is 10.4 Å². The molecule has 0 aromatic heterocycles. The van der Waals surface area contributed by atoms with Crippen LogP contribution in [0.4, 0.5) is 9.59 Å². The molecule has 1 unspecified atom stereocenters. The highest BCUT2D eigenvalue weighted by Crippen LogP contribution is 2.19. The molecule has 1 aliphatic heterocycles. The fourth-order valence-corrected chi connectivity index (χ4v) is 1.88. The van der Waals surface area contributed by atoms with Crippen LogP contribution < -0.4 is 11.2 Å². The number of β-lactam (4-membered cyclic amide) rings is 1. The van der Waals surface area contributed by atoms with Gasteiger partial charge in [-0.3, -0.25) is 14.5 Å². The molecule has 0 saturated carbocycles. The van der Waals surface area contributed by atoms with Gasteiger partial charge in [-0.05, 0) is 5.56 Å². The number of ether oxygens (including phenoxy) is 1. The molecule has 0 radical (unpaired) electrons. The Morgan fingerprint density at radius 3 is 2.67 bits per heavy atom. The van der Waals surface area contributed by atoms with Crippen LogP contribution in [0.3, 0.4) is 0 Å². The van der Waals surface area contributed by atoms with Crippen molar-refractivity contribution in [1.29, 1.82) is 0 Å². The van der Waals surface area contributed by atoms with Crippen molar-refractivity contribution in [2.24, 2.45) is 5.73 Å². The van der Waals surface area contributed by atoms with Crippen LogP contribution in [0.1, 0.15) is 12.0 Å². The Kier molecular flexibility index (Phi) is 4.72. The number of rotatable bonds is 5. The van der Waals surface area contributed by atoms with Gasteiger partial charge in [0.25, 0.3) is 0 Å². The average molecular weight is 293 g/mol. The molecule has 8 heteroatoms. The first kappa shape index (κ1) is 14.8. The average Bonchev–Trinajstić information content (AvgIpc) is 2.44. The highest BCUT2D eigenvalue weighted by Gasteiger charge is 2.41. The number of hydroxylamine groups is 1. The SMILES string of the molecule is NC(=O)OCC1CC(=O)N1C(=O)NOCc1ccccc1. The monoisotopic (exact) mass is 293 g/mol. The molecule has 0 spiro atoms. The Hall–Kier alpha value is -2.61. The van der Waals surface area contributed by atoms with Crippen LogP contribution in [0, 0.1) is 0 Å². The number of amides is 4. The van der Waals surface area contributed by atoms with E-state index in [4.69, 9.17) is 10.6 Å². The van der Waals surface area contributed by atoms with Crippen LogP contribution in [0.2, 0.25) is 0 Å². The Labute approximate surface area is 120 Å². The number of nitrogens with one attached hydrogen (secondary N) is 1. The molecular weight excluding hydrogens is 278 g/mol. The van der Waals surface area contributed by atoms with Crippen LogP contribution >= 0.6 is 0 Å². The summed E-state index contributed by atoms with van der Waals surface area (Å²) in [6.07, 6.45) is -0.825. The van der Waals surface area contributed by atoms with Gasteiger partial charge in [0.1, 0.15) is 6.61 Å². The number of carbonyl (C=O) groups is 3. The second-order valence-corrected chi connectivity index (χ2v) is 4.43. The van der Waals surface area contributed by atoms with E-state index in [9.17, 15) is 14.4 Å². The van der Waals surface area contributed by atoms with Gasteiger partial charge in [-0.1, -0.05) is 30.3 Å². The van der Waals surface area contributed by atoms with Gasteiger partial charge in [-0.15, -0.1) is 0 Å². The summed E-state index contributed by atoms with van der Waals surface area (Å²) in [4.78, 5) is 39.7. The summed E-state index contributed by atoms with van der Waals surface area (Å²) in [5, 5.41) is 0. The lowest BCUT2D eigenvalue weighted by Gasteiger charge is -2.37. The molecule has 1 atom stereocenters. The molecule has 0 aliphatic carbocycles. The van der Waals surface area contributed by atoms with Crippen LogP contribution in [0.15, 0.2) is 30.3 Å². The number of hydrogen-bond donors (Lipinski definition) is 2. The largest absolute Gasteiger partial charge is 0.447 e. The van der Waals surface area contributed by atoms with E-state index in [1.165, 1.54) is 0 Å². The number of benzene rings is 1. The van der Waals surface area contributed by atoms with E-state index in [0.717, 1.165) is 10.5 Å². The summed E-state index contributed by atoms with van der Waals surface area (Å²) < 4.78 is 4.57. The van der Waals surface area contributed by atoms with E-state index in [2.05, 4.69) is 10.2 Å². The summed E-state index contributed by atoms with van der Waals surface area (Å²) in [7, 11) is 0. The quantitative estimate of drug-likeness (QED) is 0.607. The topological polar surface area (TPSA) is 111 Å². The van der Waals surface area contributed by atoms with E-state index in [1.807, 2.05) is 30.3 Å². The van der Waals surface area contributed by atoms with Crippen molar-refractivity contribution < 1.29 is 24.0 Å². The molecule has 3 N–H and O–H groups in total. The Balaban J connectivity index is 1.76. The van der Waals surface area contributed by atoms with Gasteiger partial charge in [0, 0.05) is 0 Å². The predicted molar refractivity (Wildman–Crippen MR) is 70.5 cm³/mol. The molecule has 1 aromatic rings. The van der Waals surface area contributed by atoms with Gasteiger partial charge in [0.2, 0.25) is 5.91 Å². The zero-order valence-corrected chi connectivity index (χ0v) is 11.2. The van der Waals surface area contributed by atoms with Crippen molar-refractivity contribution in [2.45, 2.75) is 19.1 Å². The third kappa shape index (κ3) is 3.93. The molecule has 112 valence electrons. The maximum Gasteiger partial charge on any atom is 0.404 e. The molecular formula is C13H15N3O5. The molecule has 2 rings (SSSR count). The predicted octanol–water partition coefficient (Wildman–Crippen LogP) is 0.524. The fraction of sp³-hybridized carbons (Fsp3) is 0.308. The van der Waals surface area contributed by atoms with Gasteiger partial charge < -0.3 is 10.5 Å². The standard InChI is InChI=1S/C13H15N3O5/c14-12(18)20-8-10-6-11(17)16(10)13(19)15-21-7-9-4-2-1-3-5-9/h1-5,10H,6-8H2,(H2,14,18)(H,15,19). The minimum Gasteiger partial charge on any atom is -0.447 e. The number of nitrogens with two attached hydrogens (primary N) is 1. The molecule has 1 aromatic carbocycles. The minimum atomic E-state index is -0.949. The summed E-state index contributed by atoms with van der Waals surface area (Å²) in [5.74, 6) is -0.367. The molecule has 1 heterocycles. The molecule has 1 aliphatic rings. The molecule has 0 bridgehead atoms. The van der Waals surface area contributed by atoms with Crippen molar-refractivity contribution in [3.8, 4) is 0 Å². The molecule has 1 saturated heterocycles. The lowest BCUT2D eigenvalue weighted by Crippen LogP contribution is -2.60. The molecule has 4 amide bonds. The van der Waals surface area contributed by atoms with E-state index >= 15 is 0 Å². The molecule has 21 heavy (non-hydrogen) atoms. The van der Waals surface area contributed by atoms with Crippen molar-refractivity contribution >= 4 is 18.0 Å². The first-order chi connectivity index (χ1) is 10.1. The summed E-state index contributed by atoms with van der Waals surface area (Å²) in [6.45, 7) is 0.0598. The summed E-state index contributed by atoms with van der Waals surface area (Å²) >= 11 is 0. The molecule has 8 nitrogen and oxygen atoms in total. The second-order valence-electron chi connectivity index (χ2n) is 4.43. The number of carbonyl (C=O) groups excluding carboxylic acids is 3. The minimum absolute atomic E-state index is 0.118. The van der Waals surface area contributed by atoms with E-state index in [-0.39, 0.29) is 25.5 Å². The number of imide groups is 1. The number of hydrogen-bond acceptors (Lipinski definition) is 5. The summed E-state index contributed by atoms with van der Waals surface area (Å²) in [6, 6.07) is 8.03. The first-order valence-electron chi connectivity index (χ1n) is 6.28. The highest BCUT2D eigenvalue weighted by molar-refractivity contribution is 5.99. The number of likely N-dealkylation sites (tertiary alicyclic amines) is 1. The number of primary amides is 1. The maximum absolute atomic E-state index is 11.8. The van der Waals surface area contributed by atoms with Crippen LogP contribution in [-0.4, -0.2) is 35.6 Å². The lowest BCUT2D eigenvalue weighted by atomic mass is 10.0. The number of urea groups is 1. The third-order valence-electron chi connectivity index (χ3n) is 2.92. The zero-order chi connectivity index (χ0) is 15.2. The maximum atomic E-state index is 11.8. The smallest absolute Gasteiger partial charge is 0.404 e. The van der Waals surface area contributed by atoms with E-state index < -0.39 is 18.2 Å². The van der Waals surface area contributed by atoms with Crippen molar-refractivity contribution in [3.63, 3.8) is 0 Å². The van der Waals surface area contributed by atoms with Gasteiger partial charge in [0.05, 0.1) is 19.1 Å². The highest BCUT2D eigenvalue weighted by atomic mass is 16.7. The third-order valence-corrected chi connectivity index (χ3v) is 2.92. The van der Waals surface area contributed by atoms with Crippen molar-refractivity contribution in [3.05, 3.63) is 35.9 Å². The fourth-order valence-electron chi connectivity index (χ4n) is 1.88. The molecule has 1 fully saturated rings.